The second kappa shape index (κ2) is 8.68. The third-order valence-corrected chi connectivity index (χ3v) is 2.86. The van der Waals surface area contributed by atoms with Gasteiger partial charge in [-0.3, -0.25) is 4.68 Å². The highest BCUT2D eigenvalue weighted by Crippen LogP contribution is 2.09. The molecule has 0 fully saturated rings. The molecule has 1 atom stereocenters. The number of aromatic nitrogens is 2. The molecule has 7 nitrogen and oxygen atoms in total. The van der Waals surface area contributed by atoms with Gasteiger partial charge in [-0.05, 0) is 19.9 Å². The zero-order valence-corrected chi connectivity index (χ0v) is 12.3. The van der Waals surface area contributed by atoms with Crippen molar-refractivity contribution in [2.75, 3.05) is 26.9 Å². The van der Waals surface area contributed by atoms with Crippen LogP contribution in [0.4, 0.5) is 0 Å². The molecule has 0 spiro atoms. The van der Waals surface area contributed by atoms with Crippen LogP contribution in [-0.4, -0.2) is 53.8 Å². The van der Waals surface area contributed by atoms with E-state index in [1.165, 1.54) is 6.20 Å². The molecular weight excluding hydrogens is 262 g/mol. The predicted octanol–water partition coefficient (Wildman–Crippen LogP) is 0.0838. The first-order chi connectivity index (χ1) is 9.60. The van der Waals surface area contributed by atoms with Crippen LogP contribution in [0.15, 0.2) is 6.20 Å². The molecule has 1 aromatic heterocycles. The highest BCUT2D eigenvalue weighted by molar-refractivity contribution is 5.90. The Morgan fingerprint density at radius 3 is 3.00 bits per heavy atom. The minimum absolute atomic E-state index is 0.321. The summed E-state index contributed by atoms with van der Waals surface area (Å²) < 4.78 is 11.5. The number of nitrogens with zero attached hydrogens (tertiary/aromatic N) is 2. The number of aryl methyl sites for hydroxylation is 1. The van der Waals surface area contributed by atoms with E-state index in [1.54, 1.807) is 25.8 Å². The summed E-state index contributed by atoms with van der Waals surface area (Å²) in [5, 5.41) is 16.8. The lowest BCUT2D eigenvalue weighted by molar-refractivity contribution is 0.0523. The molecule has 0 radical (unpaired) electrons. The Morgan fingerprint density at radius 1 is 1.60 bits per heavy atom. The third-order valence-electron chi connectivity index (χ3n) is 2.86. The van der Waals surface area contributed by atoms with Crippen molar-refractivity contribution in [1.82, 2.24) is 15.1 Å². The van der Waals surface area contributed by atoms with Crippen LogP contribution >= 0.6 is 0 Å². The Kier molecular flexibility index (Phi) is 7.21. The molecule has 0 saturated heterocycles. The lowest BCUT2D eigenvalue weighted by Gasteiger charge is -2.11. The molecule has 0 aliphatic heterocycles. The van der Waals surface area contributed by atoms with E-state index in [1.807, 2.05) is 0 Å². The topological polar surface area (TPSA) is 85.6 Å². The SMILES string of the molecule is CCOC(=O)c1cnn(C)c1CNCCC(O)COC. The zero-order valence-electron chi connectivity index (χ0n) is 12.3. The van der Waals surface area contributed by atoms with E-state index in [0.29, 0.717) is 38.3 Å². The van der Waals surface area contributed by atoms with Crippen LogP contribution in [0.2, 0.25) is 0 Å². The van der Waals surface area contributed by atoms with Crippen molar-refractivity contribution in [2.45, 2.75) is 26.0 Å². The summed E-state index contributed by atoms with van der Waals surface area (Å²) in [6.45, 7) is 3.54. The first kappa shape index (κ1) is 16.6. The van der Waals surface area contributed by atoms with Crippen molar-refractivity contribution in [1.29, 1.82) is 0 Å². The molecule has 0 aromatic carbocycles. The van der Waals surface area contributed by atoms with E-state index >= 15 is 0 Å². The van der Waals surface area contributed by atoms with Crippen LogP contribution in [0.1, 0.15) is 29.4 Å². The standard InChI is InChI=1S/C13H23N3O4/c1-4-20-13(18)11-7-15-16(2)12(11)8-14-6-5-10(17)9-19-3/h7,10,14,17H,4-6,8-9H2,1-3H3. The summed E-state index contributed by atoms with van der Waals surface area (Å²) in [5.41, 5.74) is 1.24. The second-order valence-electron chi connectivity index (χ2n) is 4.42. The summed E-state index contributed by atoms with van der Waals surface area (Å²) >= 11 is 0. The molecule has 1 aromatic rings. The Balaban J connectivity index is 2.47. The molecule has 0 bridgehead atoms. The monoisotopic (exact) mass is 285 g/mol. The molecule has 114 valence electrons. The van der Waals surface area contributed by atoms with Crippen LogP contribution in [0.5, 0.6) is 0 Å². The predicted molar refractivity (Wildman–Crippen MR) is 73.4 cm³/mol. The maximum atomic E-state index is 11.7. The van der Waals surface area contributed by atoms with Gasteiger partial charge in [-0.1, -0.05) is 0 Å². The minimum Gasteiger partial charge on any atom is -0.462 e. The van der Waals surface area contributed by atoms with E-state index < -0.39 is 6.10 Å². The van der Waals surface area contributed by atoms with Gasteiger partial charge in [-0.15, -0.1) is 0 Å². The average Bonchev–Trinajstić information content (AvgIpc) is 2.77. The number of methoxy groups -OCH3 is 1. The number of aliphatic hydroxyl groups is 1. The number of hydrogen-bond acceptors (Lipinski definition) is 6. The number of nitrogens with one attached hydrogen (secondary N) is 1. The molecule has 1 unspecified atom stereocenters. The first-order valence-electron chi connectivity index (χ1n) is 6.65. The smallest absolute Gasteiger partial charge is 0.341 e. The number of carbonyl (C=O) groups is 1. The quantitative estimate of drug-likeness (QED) is 0.494. The van der Waals surface area contributed by atoms with Gasteiger partial charge in [-0.25, -0.2) is 4.79 Å². The fourth-order valence-electron chi connectivity index (χ4n) is 1.80. The van der Waals surface area contributed by atoms with Crippen molar-refractivity contribution >= 4 is 5.97 Å². The highest BCUT2D eigenvalue weighted by atomic mass is 16.5. The van der Waals surface area contributed by atoms with Crippen molar-refractivity contribution < 1.29 is 19.4 Å². The molecule has 1 heterocycles. The molecule has 0 amide bonds. The molecule has 0 aliphatic carbocycles. The van der Waals surface area contributed by atoms with E-state index in [2.05, 4.69) is 10.4 Å². The van der Waals surface area contributed by atoms with Crippen LogP contribution < -0.4 is 5.32 Å². The van der Waals surface area contributed by atoms with E-state index in [0.717, 1.165) is 5.69 Å². The van der Waals surface area contributed by atoms with Crippen molar-refractivity contribution in [3.63, 3.8) is 0 Å². The fraction of sp³-hybridized carbons (Fsp3) is 0.692. The number of rotatable bonds is 9. The van der Waals surface area contributed by atoms with E-state index in [-0.39, 0.29) is 5.97 Å². The van der Waals surface area contributed by atoms with Crippen molar-refractivity contribution in [2.24, 2.45) is 7.05 Å². The Hall–Kier alpha value is -1.44. The molecule has 0 saturated carbocycles. The molecular formula is C13H23N3O4. The Morgan fingerprint density at radius 2 is 2.35 bits per heavy atom. The highest BCUT2D eigenvalue weighted by Gasteiger charge is 2.16. The average molecular weight is 285 g/mol. The summed E-state index contributed by atoms with van der Waals surface area (Å²) in [4.78, 5) is 11.7. The second-order valence-corrected chi connectivity index (χ2v) is 4.42. The normalized spacial score (nSPS) is 12.4. The maximum Gasteiger partial charge on any atom is 0.341 e. The maximum absolute atomic E-state index is 11.7. The number of ether oxygens (including phenoxy) is 2. The minimum atomic E-state index is -0.483. The van der Waals surface area contributed by atoms with Gasteiger partial charge in [0.05, 0.1) is 31.2 Å². The largest absolute Gasteiger partial charge is 0.462 e. The van der Waals surface area contributed by atoms with Crippen LogP contribution in [0.3, 0.4) is 0 Å². The number of carbonyl (C=O) groups excluding carboxylic acids is 1. The van der Waals surface area contributed by atoms with Crippen molar-refractivity contribution in [3.8, 4) is 0 Å². The van der Waals surface area contributed by atoms with Gasteiger partial charge in [0.15, 0.2) is 0 Å². The van der Waals surface area contributed by atoms with E-state index in [9.17, 15) is 9.90 Å². The van der Waals surface area contributed by atoms with Gasteiger partial charge < -0.3 is 19.9 Å². The van der Waals surface area contributed by atoms with Crippen molar-refractivity contribution in [3.05, 3.63) is 17.5 Å². The summed E-state index contributed by atoms with van der Waals surface area (Å²) in [6, 6.07) is 0. The summed E-state index contributed by atoms with van der Waals surface area (Å²) in [6.07, 6.45) is 1.61. The lowest BCUT2D eigenvalue weighted by Crippen LogP contribution is -2.24. The third kappa shape index (κ3) is 4.92. The van der Waals surface area contributed by atoms with Gasteiger partial charge in [0.25, 0.3) is 0 Å². The molecule has 7 heteroatoms. The van der Waals surface area contributed by atoms with Crippen LogP contribution in [-0.2, 0) is 23.1 Å². The molecule has 2 N–H and O–H groups in total. The van der Waals surface area contributed by atoms with Crippen LogP contribution in [0, 0.1) is 0 Å². The van der Waals surface area contributed by atoms with Gasteiger partial charge in [-0.2, -0.15) is 5.10 Å². The number of esters is 1. The molecule has 1 rings (SSSR count). The van der Waals surface area contributed by atoms with E-state index in [4.69, 9.17) is 9.47 Å². The van der Waals surface area contributed by atoms with Gasteiger partial charge in [0.2, 0.25) is 0 Å². The Bertz CT molecular complexity index is 420. The van der Waals surface area contributed by atoms with Gasteiger partial charge in [0, 0.05) is 20.7 Å². The lowest BCUT2D eigenvalue weighted by atomic mass is 10.2. The zero-order chi connectivity index (χ0) is 15.0. The first-order valence-corrected chi connectivity index (χ1v) is 6.65. The molecule has 20 heavy (non-hydrogen) atoms. The number of hydrogen-bond donors (Lipinski definition) is 2. The van der Waals surface area contributed by atoms with Gasteiger partial charge >= 0.3 is 5.97 Å². The molecule has 0 aliphatic rings. The summed E-state index contributed by atoms with van der Waals surface area (Å²) in [7, 11) is 3.33. The summed E-state index contributed by atoms with van der Waals surface area (Å²) in [5.74, 6) is -0.364. The Labute approximate surface area is 118 Å². The van der Waals surface area contributed by atoms with Gasteiger partial charge in [0.1, 0.15) is 5.56 Å². The fourth-order valence-corrected chi connectivity index (χ4v) is 1.80. The van der Waals surface area contributed by atoms with Crippen LogP contribution in [0.25, 0.3) is 0 Å². The number of aliphatic hydroxyl groups excluding tert-OH is 1.